The molecule has 5 heteroatoms. The Balaban J connectivity index is 1.35. The number of fused-ring (bicyclic) bond motifs is 9. The first kappa shape index (κ1) is 24.3. The Hall–Kier alpha value is -6.20. The Morgan fingerprint density at radius 3 is 1.67 bits per heavy atom. The molecule has 0 unspecified atom stereocenters. The van der Waals surface area contributed by atoms with E-state index in [4.69, 9.17) is 14.4 Å². The van der Waals surface area contributed by atoms with Gasteiger partial charge in [0, 0.05) is 44.2 Å². The summed E-state index contributed by atoms with van der Waals surface area (Å²) in [6, 6.07) is 50.6. The van der Waals surface area contributed by atoms with Crippen molar-refractivity contribution in [3.05, 3.63) is 146 Å². The molecule has 0 aliphatic heterocycles. The molecule has 0 radical (unpaired) electrons. The van der Waals surface area contributed by atoms with Gasteiger partial charge < -0.3 is 8.98 Å². The van der Waals surface area contributed by atoms with Gasteiger partial charge in [-0.05, 0) is 36.4 Å². The first-order valence-electron chi connectivity index (χ1n) is 15.1. The van der Waals surface area contributed by atoms with E-state index >= 15 is 0 Å². The third-order valence-corrected chi connectivity index (χ3v) is 8.94. The topological polar surface area (TPSA) is 48.8 Å². The molecule has 0 atom stereocenters. The van der Waals surface area contributed by atoms with E-state index < -0.39 is 0 Å². The molecule has 4 heterocycles. The average Bonchev–Trinajstić information content (AvgIpc) is 3.75. The van der Waals surface area contributed by atoms with Gasteiger partial charge in [-0.1, -0.05) is 103 Å². The summed E-state index contributed by atoms with van der Waals surface area (Å²) in [5, 5.41) is 5.65. The molecule has 0 amide bonds. The van der Waals surface area contributed by atoms with Gasteiger partial charge in [-0.15, -0.1) is 0 Å². The van der Waals surface area contributed by atoms with Gasteiger partial charge in [0.05, 0.1) is 22.1 Å². The Labute approximate surface area is 257 Å². The van der Waals surface area contributed by atoms with Crippen LogP contribution in [0.2, 0.25) is 0 Å². The van der Waals surface area contributed by atoms with Crippen LogP contribution in [0.4, 0.5) is 0 Å². The second-order valence-electron chi connectivity index (χ2n) is 11.4. The van der Waals surface area contributed by atoms with E-state index in [0.29, 0.717) is 11.5 Å². The van der Waals surface area contributed by atoms with Gasteiger partial charge in [-0.25, -0.2) is 9.97 Å². The van der Waals surface area contributed by atoms with Crippen molar-refractivity contribution >= 4 is 65.7 Å². The minimum atomic E-state index is 0.619. The molecule has 5 nitrogen and oxygen atoms in total. The van der Waals surface area contributed by atoms with E-state index in [9.17, 15) is 0 Å². The Morgan fingerprint density at radius 1 is 0.444 bits per heavy atom. The molecule has 0 N–H and O–H groups in total. The number of benzene rings is 6. The minimum absolute atomic E-state index is 0.619. The zero-order valence-corrected chi connectivity index (χ0v) is 24.1. The fourth-order valence-corrected chi connectivity index (χ4v) is 6.98. The first-order valence-corrected chi connectivity index (χ1v) is 15.1. The Kier molecular flexibility index (Phi) is 4.93. The Morgan fingerprint density at radius 2 is 1.00 bits per heavy atom. The zero-order chi connectivity index (χ0) is 29.5. The molecule has 210 valence electrons. The van der Waals surface area contributed by atoms with Crippen molar-refractivity contribution < 1.29 is 4.42 Å². The van der Waals surface area contributed by atoms with Crippen LogP contribution in [-0.2, 0) is 0 Å². The number of hydrogen-bond acceptors (Lipinski definition) is 3. The second-order valence-corrected chi connectivity index (χ2v) is 11.4. The largest absolute Gasteiger partial charge is 0.452 e. The number of hydrogen-bond donors (Lipinski definition) is 0. The average molecular weight is 577 g/mol. The van der Waals surface area contributed by atoms with E-state index in [2.05, 4.69) is 130 Å². The number of nitrogens with zero attached hydrogens (tertiary/aromatic N) is 4. The molecule has 0 saturated heterocycles. The molecular formula is C40H24N4O. The van der Waals surface area contributed by atoms with E-state index in [1.807, 2.05) is 24.3 Å². The Bertz CT molecular complexity index is 2700. The van der Waals surface area contributed by atoms with Crippen LogP contribution in [0.5, 0.6) is 0 Å². The summed E-state index contributed by atoms with van der Waals surface area (Å²) in [5.74, 6) is 0.619. The van der Waals surface area contributed by atoms with E-state index in [-0.39, 0.29) is 0 Å². The highest BCUT2D eigenvalue weighted by Gasteiger charge is 2.22. The summed E-state index contributed by atoms with van der Waals surface area (Å²) < 4.78 is 11.2. The lowest BCUT2D eigenvalue weighted by Gasteiger charge is -2.09. The van der Waals surface area contributed by atoms with E-state index in [1.54, 1.807) is 0 Å². The van der Waals surface area contributed by atoms with Crippen molar-refractivity contribution in [2.24, 2.45) is 0 Å². The van der Waals surface area contributed by atoms with Crippen LogP contribution < -0.4 is 0 Å². The standard InChI is InChI=1S/C40H24N4O/c1-3-13-25(14-4-1)37-39-38(42-40(41-37)44-33-21-11-7-17-27(33)28-18-8-12-22-34(28)44)31-23-30-29-19-9-10-20-32(29)43(26-15-5-2-6-16-26)35(30)24-36(31)45-39/h1-24H. The van der Waals surface area contributed by atoms with Gasteiger partial charge >= 0.3 is 0 Å². The van der Waals surface area contributed by atoms with Crippen LogP contribution in [0.1, 0.15) is 0 Å². The van der Waals surface area contributed by atoms with Gasteiger partial charge in [-0.3, -0.25) is 4.57 Å². The van der Waals surface area contributed by atoms with Crippen LogP contribution >= 0.6 is 0 Å². The van der Waals surface area contributed by atoms with Crippen LogP contribution in [0.3, 0.4) is 0 Å². The third kappa shape index (κ3) is 3.43. The van der Waals surface area contributed by atoms with Crippen molar-refractivity contribution in [1.29, 1.82) is 0 Å². The fraction of sp³-hybridized carbons (Fsp3) is 0. The van der Waals surface area contributed by atoms with Gasteiger partial charge in [0.15, 0.2) is 5.58 Å². The molecule has 6 aromatic carbocycles. The normalized spacial score (nSPS) is 12.0. The molecule has 4 aromatic heterocycles. The maximum atomic E-state index is 6.73. The second kappa shape index (κ2) is 9.15. The molecule has 10 aromatic rings. The zero-order valence-electron chi connectivity index (χ0n) is 24.1. The quantitative estimate of drug-likeness (QED) is 0.210. The van der Waals surface area contributed by atoms with Crippen molar-refractivity contribution in [1.82, 2.24) is 19.1 Å². The molecule has 0 bridgehead atoms. The molecular weight excluding hydrogens is 552 g/mol. The van der Waals surface area contributed by atoms with Gasteiger partial charge in [0.25, 0.3) is 0 Å². The lowest BCUT2D eigenvalue weighted by Crippen LogP contribution is -2.02. The predicted octanol–water partition coefficient (Wildman–Crippen LogP) is 10.2. The molecule has 10 rings (SSSR count). The number of rotatable bonds is 3. The lowest BCUT2D eigenvalue weighted by molar-refractivity contribution is 0.667. The minimum Gasteiger partial charge on any atom is -0.452 e. The van der Waals surface area contributed by atoms with Gasteiger partial charge in [0.2, 0.25) is 5.95 Å². The predicted molar refractivity (Wildman–Crippen MR) is 183 cm³/mol. The van der Waals surface area contributed by atoms with E-state index in [1.165, 1.54) is 16.2 Å². The maximum absolute atomic E-state index is 6.73. The summed E-state index contributed by atoms with van der Waals surface area (Å²) in [6.07, 6.45) is 0. The van der Waals surface area contributed by atoms with Gasteiger partial charge in [-0.2, -0.15) is 0 Å². The highest BCUT2D eigenvalue weighted by Crippen LogP contribution is 2.41. The highest BCUT2D eigenvalue weighted by atomic mass is 16.3. The van der Waals surface area contributed by atoms with Crippen molar-refractivity contribution in [3.8, 4) is 22.9 Å². The lowest BCUT2D eigenvalue weighted by atomic mass is 10.1. The molecule has 0 aliphatic rings. The number of aromatic nitrogens is 4. The number of furan rings is 1. The van der Waals surface area contributed by atoms with Crippen molar-refractivity contribution in [2.75, 3.05) is 0 Å². The van der Waals surface area contributed by atoms with Crippen molar-refractivity contribution in [3.63, 3.8) is 0 Å². The summed E-state index contributed by atoms with van der Waals surface area (Å²) >= 11 is 0. The monoisotopic (exact) mass is 576 g/mol. The summed E-state index contributed by atoms with van der Waals surface area (Å²) in [4.78, 5) is 10.5. The van der Waals surface area contributed by atoms with Gasteiger partial charge in [0.1, 0.15) is 16.8 Å². The SMILES string of the molecule is c1ccc(-c2nc(-n3c4ccccc4c4ccccc43)nc3c2oc2cc4c(cc23)c2ccccc2n4-c2ccccc2)cc1. The summed E-state index contributed by atoms with van der Waals surface area (Å²) in [6.45, 7) is 0. The van der Waals surface area contributed by atoms with Crippen LogP contribution in [0, 0.1) is 0 Å². The first-order chi connectivity index (χ1) is 22.3. The van der Waals surface area contributed by atoms with Crippen molar-refractivity contribution in [2.45, 2.75) is 0 Å². The molecule has 0 saturated carbocycles. The third-order valence-electron chi connectivity index (χ3n) is 8.94. The number of para-hydroxylation sites is 4. The van der Waals surface area contributed by atoms with Crippen LogP contribution in [0.25, 0.3) is 88.6 Å². The summed E-state index contributed by atoms with van der Waals surface area (Å²) in [7, 11) is 0. The molecule has 0 fully saturated rings. The summed E-state index contributed by atoms with van der Waals surface area (Å²) in [5.41, 5.74) is 9.51. The van der Waals surface area contributed by atoms with Crippen LogP contribution in [-0.4, -0.2) is 19.1 Å². The molecule has 0 spiro atoms. The van der Waals surface area contributed by atoms with Crippen LogP contribution in [0.15, 0.2) is 150 Å². The smallest absolute Gasteiger partial charge is 0.236 e. The maximum Gasteiger partial charge on any atom is 0.236 e. The molecule has 0 aliphatic carbocycles. The fourth-order valence-electron chi connectivity index (χ4n) is 6.98. The molecule has 45 heavy (non-hydrogen) atoms. The van der Waals surface area contributed by atoms with E-state index in [0.717, 1.165) is 60.9 Å². The highest BCUT2D eigenvalue weighted by molar-refractivity contribution is 6.18.